The van der Waals surface area contributed by atoms with Gasteiger partial charge >= 0.3 is 0 Å². The lowest BCUT2D eigenvalue weighted by Gasteiger charge is -2.28. The number of nitrogen functional groups attached to an aromatic ring is 1. The summed E-state index contributed by atoms with van der Waals surface area (Å²) in [6.45, 7) is 7.82. The van der Waals surface area contributed by atoms with E-state index in [0.29, 0.717) is 22.7 Å². The lowest BCUT2D eigenvalue weighted by Crippen LogP contribution is -2.26. The van der Waals surface area contributed by atoms with E-state index in [1.807, 2.05) is 6.08 Å². The Balaban J connectivity index is 0.000000444. The third-order valence-electron chi connectivity index (χ3n) is 3.38. The summed E-state index contributed by atoms with van der Waals surface area (Å²) in [5, 5.41) is 3.79. The molecule has 1 fully saturated rings. The van der Waals surface area contributed by atoms with E-state index >= 15 is 0 Å². The molecule has 5 heteroatoms. The van der Waals surface area contributed by atoms with Gasteiger partial charge in [0.1, 0.15) is 17.2 Å². The SMILES string of the molecule is C=CCC.C[C@@H]1CCC[C@@H](Nc2ncnc(N)c2Cl)C1. The number of hydrogen-bond acceptors (Lipinski definition) is 4. The molecular formula is C15H25ClN4. The lowest BCUT2D eigenvalue weighted by atomic mass is 9.87. The van der Waals surface area contributed by atoms with Gasteiger partial charge in [-0.1, -0.05) is 44.4 Å². The van der Waals surface area contributed by atoms with Crippen LogP contribution in [0.15, 0.2) is 19.0 Å². The van der Waals surface area contributed by atoms with Crippen molar-refractivity contribution in [2.24, 2.45) is 5.92 Å². The zero-order valence-electron chi connectivity index (χ0n) is 12.4. The van der Waals surface area contributed by atoms with Gasteiger partial charge in [-0.25, -0.2) is 9.97 Å². The van der Waals surface area contributed by atoms with Crippen molar-refractivity contribution in [3.8, 4) is 0 Å². The van der Waals surface area contributed by atoms with Crippen LogP contribution in [0.4, 0.5) is 11.6 Å². The Morgan fingerprint density at radius 2 is 2.20 bits per heavy atom. The predicted molar refractivity (Wildman–Crippen MR) is 87.0 cm³/mol. The number of halogens is 1. The smallest absolute Gasteiger partial charge is 0.150 e. The van der Waals surface area contributed by atoms with Crippen molar-refractivity contribution in [3.63, 3.8) is 0 Å². The van der Waals surface area contributed by atoms with E-state index in [2.05, 4.69) is 35.7 Å². The van der Waals surface area contributed by atoms with Crippen molar-refractivity contribution < 1.29 is 0 Å². The second-order valence-corrected chi connectivity index (χ2v) is 5.61. The molecule has 1 saturated carbocycles. The van der Waals surface area contributed by atoms with Crippen LogP contribution in [0.2, 0.25) is 5.02 Å². The summed E-state index contributed by atoms with van der Waals surface area (Å²) in [6.07, 6.45) is 9.31. The number of rotatable bonds is 3. The van der Waals surface area contributed by atoms with Crippen LogP contribution >= 0.6 is 11.6 Å². The maximum Gasteiger partial charge on any atom is 0.150 e. The first-order chi connectivity index (χ1) is 9.58. The number of hydrogen-bond donors (Lipinski definition) is 2. The zero-order valence-corrected chi connectivity index (χ0v) is 13.2. The van der Waals surface area contributed by atoms with Crippen LogP contribution in [-0.4, -0.2) is 16.0 Å². The van der Waals surface area contributed by atoms with Crippen LogP contribution in [0.3, 0.4) is 0 Å². The maximum atomic E-state index is 6.04. The molecule has 1 aliphatic carbocycles. The van der Waals surface area contributed by atoms with Gasteiger partial charge in [0.15, 0.2) is 5.82 Å². The molecule has 1 aromatic rings. The monoisotopic (exact) mass is 296 g/mol. The average Bonchev–Trinajstić information content (AvgIpc) is 2.44. The summed E-state index contributed by atoms with van der Waals surface area (Å²) in [4.78, 5) is 7.97. The first-order valence-electron chi connectivity index (χ1n) is 7.21. The molecule has 112 valence electrons. The molecule has 0 aliphatic heterocycles. The fraction of sp³-hybridized carbons (Fsp3) is 0.600. The minimum absolute atomic E-state index is 0.336. The Hall–Kier alpha value is -1.29. The van der Waals surface area contributed by atoms with Crippen molar-refractivity contribution in [1.29, 1.82) is 0 Å². The maximum absolute atomic E-state index is 6.04. The highest BCUT2D eigenvalue weighted by molar-refractivity contribution is 6.35. The second kappa shape index (κ2) is 8.80. The Labute approximate surface area is 126 Å². The third kappa shape index (κ3) is 5.37. The normalized spacial score (nSPS) is 21.6. The van der Waals surface area contributed by atoms with Crippen molar-refractivity contribution in [1.82, 2.24) is 9.97 Å². The first kappa shape index (κ1) is 16.8. The lowest BCUT2D eigenvalue weighted by molar-refractivity contribution is 0.358. The van der Waals surface area contributed by atoms with E-state index in [0.717, 1.165) is 12.3 Å². The van der Waals surface area contributed by atoms with Gasteiger partial charge < -0.3 is 11.1 Å². The second-order valence-electron chi connectivity index (χ2n) is 5.23. The molecular weight excluding hydrogens is 272 g/mol. The Morgan fingerprint density at radius 3 is 2.80 bits per heavy atom. The van der Waals surface area contributed by atoms with Gasteiger partial charge in [0.25, 0.3) is 0 Å². The number of nitrogens with two attached hydrogens (primary N) is 1. The van der Waals surface area contributed by atoms with E-state index in [1.165, 1.54) is 32.0 Å². The van der Waals surface area contributed by atoms with Gasteiger partial charge in [-0.3, -0.25) is 0 Å². The Morgan fingerprint density at radius 1 is 1.50 bits per heavy atom. The highest BCUT2D eigenvalue weighted by atomic mass is 35.5. The van der Waals surface area contributed by atoms with Crippen LogP contribution in [0.5, 0.6) is 0 Å². The Kier molecular flexibility index (Phi) is 7.37. The molecule has 2 rings (SSSR count). The van der Waals surface area contributed by atoms with Gasteiger partial charge in [-0.15, -0.1) is 6.58 Å². The van der Waals surface area contributed by atoms with Crippen LogP contribution < -0.4 is 11.1 Å². The van der Waals surface area contributed by atoms with Crippen molar-refractivity contribution in [2.45, 2.75) is 52.0 Å². The summed E-state index contributed by atoms with van der Waals surface area (Å²) in [6, 6.07) is 0.454. The van der Waals surface area contributed by atoms with E-state index in [9.17, 15) is 0 Å². The molecule has 2 atom stereocenters. The standard InChI is InChI=1S/C11H17ClN4.C4H8/c1-7-3-2-4-8(5-7)16-11-9(12)10(13)14-6-15-11;1-3-4-2/h6-8H,2-5H2,1H3,(H3,13,14,15,16);3H,1,4H2,2H3/t7-,8-;/m1./s1. The zero-order chi connectivity index (χ0) is 15.0. The van der Waals surface area contributed by atoms with Crippen LogP contribution in [0.25, 0.3) is 0 Å². The molecule has 3 N–H and O–H groups in total. The molecule has 0 unspecified atom stereocenters. The summed E-state index contributed by atoms with van der Waals surface area (Å²) < 4.78 is 0. The minimum Gasteiger partial charge on any atom is -0.382 e. The molecule has 0 saturated heterocycles. The van der Waals surface area contributed by atoms with Crippen molar-refractivity contribution in [3.05, 3.63) is 24.0 Å². The number of nitrogens with zero attached hydrogens (tertiary/aromatic N) is 2. The van der Waals surface area contributed by atoms with E-state index in [4.69, 9.17) is 17.3 Å². The Bertz CT molecular complexity index is 422. The highest BCUT2D eigenvalue weighted by Crippen LogP contribution is 2.29. The summed E-state index contributed by atoms with van der Waals surface area (Å²) >= 11 is 6.04. The van der Waals surface area contributed by atoms with Gasteiger partial charge in [-0.05, 0) is 25.2 Å². The molecule has 0 aromatic carbocycles. The number of allylic oxidation sites excluding steroid dienone is 1. The predicted octanol–water partition coefficient (Wildman–Crippen LogP) is 4.29. The molecule has 20 heavy (non-hydrogen) atoms. The van der Waals surface area contributed by atoms with Gasteiger partial charge in [0, 0.05) is 6.04 Å². The van der Waals surface area contributed by atoms with Crippen LogP contribution in [0, 0.1) is 5.92 Å². The van der Waals surface area contributed by atoms with Gasteiger partial charge in [0.2, 0.25) is 0 Å². The molecule has 0 spiro atoms. The molecule has 1 aromatic heterocycles. The largest absolute Gasteiger partial charge is 0.382 e. The van der Waals surface area contributed by atoms with Crippen molar-refractivity contribution in [2.75, 3.05) is 11.1 Å². The molecule has 0 radical (unpaired) electrons. The van der Waals surface area contributed by atoms with Gasteiger partial charge in [-0.2, -0.15) is 0 Å². The molecule has 0 amide bonds. The number of aromatic nitrogens is 2. The summed E-state index contributed by atoms with van der Waals surface area (Å²) in [5.74, 6) is 1.76. The minimum atomic E-state index is 0.336. The van der Waals surface area contributed by atoms with Gasteiger partial charge in [0.05, 0.1) is 0 Å². The first-order valence-corrected chi connectivity index (χ1v) is 7.59. The summed E-state index contributed by atoms with van der Waals surface area (Å²) in [7, 11) is 0. The van der Waals surface area contributed by atoms with E-state index in [1.54, 1.807) is 0 Å². The molecule has 0 bridgehead atoms. The number of nitrogens with one attached hydrogen (secondary N) is 1. The molecule has 1 aliphatic rings. The molecule has 4 nitrogen and oxygen atoms in total. The van der Waals surface area contributed by atoms with Crippen molar-refractivity contribution >= 4 is 23.2 Å². The fourth-order valence-electron chi connectivity index (χ4n) is 2.24. The third-order valence-corrected chi connectivity index (χ3v) is 3.75. The quantitative estimate of drug-likeness (QED) is 0.817. The summed E-state index contributed by atoms with van der Waals surface area (Å²) in [5.41, 5.74) is 5.63. The topological polar surface area (TPSA) is 63.8 Å². The van der Waals surface area contributed by atoms with Crippen LogP contribution in [0.1, 0.15) is 46.0 Å². The van der Waals surface area contributed by atoms with Crippen LogP contribution in [-0.2, 0) is 0 Å². The fourth-order valence-corrected chi connectivity index (χ4v) is 2.39. The molecule has 1 heterocycles. The highest BCUT2D eigenvalue weighted by Gasteiger charge is 2.20. The number of anilines is 2. The van der Waals surface area contributed by atoms with E-state index in [-0.39, 0.29) is 0 Å². The average molecular weight is 297 g/mol. The van der Waals surface area contributed by atoms with E-state index < -0.39 is 0 Å².